The van der Waals surface area contributed by atoms with Crippen LogP contribution in [-0.2, 0) is 22.2 Å². The van der Waals surface area contributed by atoms with E-state index in [4.69, 9.17) is 9.47 Å². The van der Waals surface area contributed by atoms with Gasteiger partial charge in [-0.2, -0.15) is 18.3 Å². The van der Waals surface area contributed by atoms with Crippen molar-refractivity contribution < 1.29 is 42.1 Å². The molecule has 0 unspecified atom stereocenters. The summed E-state index contributed by atoms with van der Waals surface area (Å²) in [7, 11) is 1.52. The monoisotopic (exact) mass is 548 g/mol. The van der Waals surface area contributed by atoms with Crippen LogP contribution in [0.5, 0.6) is 0 Å². The van der Waals surface area contributed by atoms with Crippen LogP contribution < -0.4 is 0 Å². The number of aromatic nitrogens is 2. The van der Waals surface area contributed by atoms with Crippen LogP contribution in [0.25, 0.3) is 5.69 Å². The third kappa shape index (κ3) is 8.95. The van der Waals surface area contributed by atoms with E-state index in [-0.39, 0.29) is 25.3 Å². The Kier molecular flexibility index (Phi) is 8.89. The summed E-state index contributed by atoms with van der Waals surface area (Å²) in [5.74, 6) is -1.57. The van der Waals surface area contributed by atoms with E-state index in [0.717, 1.165) is 11.3 Å². The summed E-state index contributed by atoms with van der Waals surface area (Å²) in [5.41, 5.74) is -3.38. The second-order valence-electron chi connectivity index (χ2n) is 10.2. The van der Waals surface area contributed by atoms with Gasteiger partial charge in [0, 0.05) is 36.5 Å². The average molecular weight is 549 g/mol. The van der Waals surface area contributed by atoms with Gasteiger partial charge in [-0.25, -0.2) is 19.1 Å². The molecule has 37 heavy (non-hydrogen) atoms. The summed E-state index contributed by atoms with van der Waals surface area (Å²) in [6.45, 7) is 10.5. The van der Waals surface area contributed by atoms with E-state index in [1.165, 1.54) is 28.3 Å². The fourth-order valence-electron chi connectivity index (χ4n) is 2.88. The van der Waals surface area contributed by atoms with Gasteiger partial charge in [-0.1, -0.05) is 0 Å². The first kappa shape index (κ1) is 29.9. The number of hydrogen-bond acceptors (Lipinski definition) is 7. The highest BCUT2D eigenvalue weighted by atomic mass is 32.1. The SMILES string of the molecule is CN(CCN(Cc1cc(-n2nc(C(F)(F)F)cc2C(=O)O)cs1)C(=O)OC(C)(C)C)C(=O)OC(C)(C)C. The zero-order valence-electron chi connectivity index (χ0n) is 21.7. The van der Waals surface area contributed by atoms with Gasteiger partial charge >= 0.3 is 24.3 Å². The normalized spacial score (nSPS) is 12.3. The van der Waals surface area contributed by atoms with Crippen molar-refractivity contribution in [1.29, 1.82) is 0 Å². The lowest BCUT2D eigenvalue weighted by atomic mass is 10.2. The number of carbonyl (C=O) groups excluding carboxylic acids is 2. The van der Waals surface area contributed by atoms with E-state index < -0.39 is 46.9 Å². The number of aromatic carboxylic acids is 1. The van der Waals surface area contributed by atoms with E-state index >= 15 is 0 Å². The topological polar surface area (TPSA) is 114 Å². The van der Waals surface area contributed by atoms with Crippen molar-refractivity contribution in [2.75, 3.05) is 20.1 Å². The van der Waals surface area contributed by atoms with Crippen LogP contribution in [0.4, 0.5) is 22.8 Å². The number of alkyl halides is 3. The van der Waals surface area contributed by atoms with Gasteiger partial charge in [0.25, 0.3) is 0 Å². The average Bonchev–Trinajstić information content (AvgIpc) is 3.34. The number of amides is 2. The lowest BCUT2D eigenvalue weighted by Crippen LogP contribution is -2.42. The third-order valence-electron chi connectivity index (χ3n) is 4.51. The second-order valence-corrected chi connectivity index (χ2v) is 11.2. The van der Waals surface area contributed by atoms with E-state index in [2.05, 4.69) is 5.10 Å². The standard InChI is InChI=1S/C23H31F3N4O6S/c1-21(2,3)35-19(33)28(7)8-9-29(20(34)36-22(4,5)6)12-15-10-14(13-37-15)30-16(18(31)32)11-17(27-30)23(24,25)26/h10-11,13H,8-9,12H2,1-7H3,(H,31,32). The summed E-state index contributed by atoms with van der Waals surface area (Å²) in [4.78, 5) is 39.8. The zero-order chi connectivity index (χ0) is 28.3. The van der Waals surface area contributed by atoms with Crippen LogP contribution in [0.2, 0.25) is 0 Å². The highest BCUT2D eigenvalue weighted by Crippen LogP contribution is 2.30. The highest BCUT2D eigenvalue weighted by molar-refractivity contribution is 7.10. The number of carboxylic acid groups (broad SMARTS) is 1. The number of nitrogens with zero attached hydrogens (tertiary/aromatic N) is 4. The van der Waals surface area contributed by atoms with Gasteiger partial charge in [0.05, 0.1) is 12.2 Å². The molecular weight excluding hydrogens is 517 g/mol. The van der Waals surface area contributed by atoms with Gasteiger partial charge in [0.15, 0.2) is 11.4 Å². The van der Waals surface area contributed by atoms with Crippen molar-refractivity contribution >= 4 is 29.5 Å². The fraction of sp³-hybridized carbons (Fsp3) is 0.565. The van der Waals surface area contributed by atoms with Crippen LogP contribution in [0, 0.1) is 0 Å². The number of carboxylic acids is 1. The van der Waals surface area contributed by atoms with Crippen molar-refractivity contribution in [3.8, 4) is 5.69 Å². The maximum Gasteiger partial charge on any atom is 0.435 e. The van der Waals surface area contributed by atoms with Crippen molar-refractivity contribution in [1.82, 2.24) is 19.6 Å². The van der Waals surface area contributed by atoms with Crippen molar-refractivity contribution in [3.05, 3.63) is 33.8 Å². The Morgan fingerprint density at radius 1 is 1.00 bits per heavy atom. The molecule has 10 nitrogen and oxygen atoms in total. The lowest BCUT2D eigenvalue weighted by Gasteiger charge is -2.29. The number of carbonyl (C=O) groups is 3. The summed E-state index contributed by atoms with van der Waals surface area (Å²) in [5, 5.41) is 14.2. The van der Waals surface area contributed by atoms with Gasteiger partial charge in [-0.3, -0.25) is 0 Å². The molecule has 1 N–H and O–H groups in total. The van der Waals surface area contributed by atoms with E-state index in [0.29, 0.717) is 15.6 Å². The molecule has 2 rings (SSSR count). The summed E-state index contributed by atoms with van der Waals surface area (Å²) >= 11 is 1.10. The predicted molar refractivity (Wildman–Crippen MR) is 129 cm³/mol. The fourth-order valence-corrected chi connectivity index (χ4v) is 3.74. The van der Waals surface area contributed by atoms with Crippen LogP contribution in [0.1, 0.15) is 62.6 Å². The summed E-state index contributed by atoms with van der Waals surface area (Å²) in [6.07, 6.45) is -6.05. The third-order valence-corrected chi connectivity index (χ3v) is 5.42. The molecule has 0 aliphatic heterocycles. The van der Waals surface area contributed by atoms with Crippen molar-refractivity contribution in [2.24, 2.45) is 0 Å². The molecule has 2 aromatic heterocycles. The predicted octanol–water partition coefficient (Wildman–Crippen LogP) is 5.25. The van der Waals surface area contributed by atoms with Gasteiger partial charge in [0.2, 0.25) is 0 Å². The summed E-state index contributed by atoms with van der Waals surface area (Å²) < 4.78 is 50.8. The molecule has 0 saturated heterocycles. The number of rotatable bonds is 7. The Labute approximate surface area is 216 Å². The molecular formula is C23H31F3N4O6S. The minimum absolute atomic E-state index is 0.00244. The molecule has 206 valence electrons. The van der Waals surface area contributed by atoms with Crippen LogP contribution in [0.15, 0.2) is 17.5 Å². The molecule has 0 bridgehead atoms. The van der Waals surface area contributed by atoms with Gasteiger partial charge in [0.1, 0.15) is 11.2 Å². The first-order valence-electron chi connectivity index (χ1n) is 11.2. The zero-order valence-corrected chi connectivity index (χ0v) is 22.5. The smallest absolute Gasteiger partial charge is 0.435 e. The number of ether oxygens (including phenoxy) is 2. The van der Waals surface area contributed by atoms with Gasteiger partial charge in [-0.15, -0.1) is 11.3 Å². The van der Waals surface area contributed by atoms with Crippen LogP contribution >= 0.6 is 11.3 Å². The molecule has 14 heteroatoms. The van der Waals surface area contributed by atoms with Crippen molar-refractivity contribution in [3.63, 3.8) is 0 Å². The van der Waals surface area contributed by atoms with E-state index in [1.54, 1.807) is 41.5 Å². The molecule has 0 aromatic carbocycles. The number of thiophene rings is 1. The maximum atomic E-state index is 13.1. The molecule has 0 spiro atoms. The molecule has 0 atom stereocenters. The Morgan fingerprint density at radius 3 is 2.08 bits per heavy atom. The number of likely N-dealkylation sites (N-methyl/N-ethyl adjacent to an activating group) is 1. The molecule has 0 aliphatic rings. The van der Waals surface area contributed by atoms with Gasteiger partial charge in [-0.05, 0) is 47.6 Å². The van der Waals surface area contributed by atoms with Crippen LogP contribution in [-0.4, -0.2) is 74.2 Å². The highest BCUT2D eigenvalue weighted by Gasteiger charge is 2.36. The quantitative estimate of drug-likeness (QED) is 0.502. The maximum absolute atomic E-state index is 13.1. The Hall–Kier alpha value is -3.29. The second kappa shape index (κ2) is 11.0. The molecule has 0 saturated carbocycles. The first-order valence-corrected chi connectivity index (χ1v) is 12.0. The van der Waals surface area contributed by atoms with Crippen LogP contribution in [0.3, 0.4) is 0 Å². The summed E-state index contributed by atoms with van der Waals surface area (Å²) in [6, 6.07) is 1.90. The Bertz CT molecular complexity index is 1130. The number of hydrogen-bond donors (Lipinski definition) is 1. The lowest BCUT2D eigenvalue weighted by molar-refractivity contribution is -0.141. The minimum Gasteiger partial charge on any atom is -0.477 e. The van der Waals surface area contributed by atoms with E-state index in [9.17, 15) is 32.7 Å². The molecule has 0 aliphatic carbocycles. The van der Waals surface area contributed by atoms with Gasteiger partial charge < -0.3 is 24.4 Å². The molecule has 0 radical (unpaired) electrons. The first-order chi connectivity index (χ1) is 16.8. The molecule has 0 fully saturated rings. The number of halogens is 3. The minimum atomic E-state index is -4.82. The molecule has 2 amide bonds. The molecule has 2 heterocycles. The Balaban J connectivity index is 2.27. The largest absolute Gasteiger partial charge is 0.477 e. The van der Waals surface area contributed by atoms with Crippen molar-refractivity contribution in [2.45, 2.75) is 65.5 Å². The molecule has 2 aromatic rings. The Morgan fingerprint density at radius 2 is 1.57 bits per heavy atom. The van der Waals surface area contributed by atoms with E-state index in [1.807, 2.05) is 0 Å².